The topological polar surface area (TPSA) is 178 Å². The van der Waals surface area contributed by atoms with Crippen LogP contribution in [0.15, 0.2) is 53.2 Å². The van der Waals surface area contributed by atoms with Crippen molar-refractivity contribution in [2.75, 3.05) is 24.6 Å². The summed E-state index contributed by atoms with van der Waals surface area (Å²) in [6.45, 7) is 0.257. The first-order chi connectivity index (χ1) is 18.9. The normalized spacial score (nSPS) is 15.5. The van der Waals surface area contributed by atoms with E-state index in [1.54, 1.807) is 23.2 Å². The molecule has 0 radical (unpaired) electrons. The summed E-state index contributed by atoms with van der Waals surface area (Å²) < 4.78 is 35.8. The number of benzene rings is 1. The van der Waals surface area contributed by atoms with Gasteiger partial charge < -0.3 is 14.4 Å². The number of hydrogen-bond acceptors (Lipinski definition) is 12. The number of ether oxygens (including phenoxy) is 1. The van der Waals surface area contributed by atoms with Crippen LogP contribution < -0.4 is 10.2 Å². The maximum atomic E-state index is 12.6. The van der Waals surface area contributed by atoms with Crippen LogP contribution in [0.2, 0.25) is 0 Å². The van der Waals surface area contributed by atoms with Gasteiger partial charge in [0.05, 0.1) is 22.8 Å². The Balaban J connectivity index is 1.20. The molecule has 0 spiro atoms. The Hall–Kier alpha value is -4.47. The fraction of sp³-hybridized carbons (Fsp3) is 0.250. The number of sulfone groups is 1. The number of pyridine rings is 1. The summed E-state index contributed by atoms with van der Waals surface area (Å²) in [7, 11) is -3.04. The van der Waals surface area contributed by atoms with E-state index in [9.17, 15) is 18.3 Å². The fourth-order valence-electron chi connectivity index (χ4n) is 4.13. The molecule has 5 heterocycles. The van der Waals surface area contributed by atoms with Gasteiger partial charge in [-0.3, -0.25) is 15.2 Å². The van der Waals surface area contributed by atoms with Crippen LogP contribution in [0, 0.1) is 0 Å². The lowest BCUT2D eigenvalue weighted by atomic mass is 10.2. The van der Waals surface area contributed by atoms with Gasteiger partial charge in [0.25, 0.3) is 5.91 Å². The molecule has 1 aromatic carbocycles. The van der Waals surface area contributed by atoms with Crippen LogP contribution in [0.5, 0.6) is 5.88 Å². The van der Waals surface area contributed by atoms with E-state index in [0.29, 0.717) is 34.3 Å². The van der Waals surface area contributed by atoms with Crippen molar-refractivity contribution >= 4 is 32.2 Å². The average Bonchev–Trinajstić information content (AvgIpc) is 3.60. The molecule has 14 nitrogen and oxygen atoms in total. The second-order valence-corrected chi connectivity index (χ2v) is 11.2. The number of carbonyl (C=O) groups excluding carboxylic acids is 1. The zero-order valence-corrected chi connectivity index (χ0v) is 21.2. The molecule has 0 unspecified atom stereocenters. The number of aromatic nitrogens is 6. The van der Waals surface area contributed by atoms with Gasteiger partial charge in [0.2, 0.25) is 11.7 Å². The summed E-state index contributed by atoms with van der Waals surface area (Å²) >= 11 is 0. The second kappa shape index (κ2) is 10.0. The molecule has 2 N–H and O–H groups in total. The minimum Gasteiger partial charge on any atom is -0.470 e. The highest BCUT2D eigenvalue weighted by Crippen LogP contribution is 2.29. The van der Waals surface area contributed by atoms with Crippen molar-refractivity contribution in [3.63, 3.8) is 0 Å². The van der Waals surface area contributed by atoms with E-state index < -0.39 is 9.84 Å². The van der Waals surface area contributed by atoms with Crippen molar-refractivity contribution in [2.45, 2.75) is 13.2 Å². The molecule has 6 rings (SSSR count). The quantitative estimate of drug-likeness (QED) is 0.291. The third-order valence-electron chi connectivity index (χ3n) is 6.22. The molecule has 1 saturated heterocycles. The number of amides is 1. The maximum absolute atomic E-state index is 12.6. The number of rotatable bonds is 7. The SMILES string of the molecule is O=C(NN1CCS(=O)(=O)CC1)c1ccc(COc2nn3c(-c4cc(CO)on4)nnc3c3ccccc23)nc1. The summed E-state index contributed by atoms with van der Waals surface area (Å²) in [6, 6.07) is 12.3. The van der Waals surface area contributed by atoms with Gasteiger partial charge in [-0.1, -0.05) is 23.4 Å². The molecule has 0 atom stereocenters. The van der Waals surface area contributed by atoms with Crippen LogP contribution in [0.3, 0.4) is 0 Å². The molecule has 4 aromatic heterocycles. The molecule has 1 aliphatic heterocycles. The van der Waals surface area contributed by atoms with E-state index in [0.717, 1.165) is 10.8 Å². The van der Waals surface area contributed by atoms with E-state index in [1.165, 1.54) is 10.7 Å². The molecule has 200 valence electrons. The summed E-state index contributed by atoms with van der Waals surface area (Å²) in [5, 5.41) is 29.4. The minimum atomic E-state index is -3.04. The number of aliphatic hydroxyl groups excluding tert-OH is 1. The molecule has 15 heteroatoms. The Labute approximate surface area is 221 Å². The van der Waals surface area contributed by atoms with Gasteiger partial charge >= 0.3 is 0 Å². The van der Waals surface area contributed by atoms with Crippen LogP contribution in [0.1, 0.15) is 21.8 Å². The second-order valence-electron chi connectivity index (χ2n) is 8.85. The number of hydrogen-bond donors (Lipinski definition) is 2. The third-order valence-corrected chi connectivity index (χ3v) is 7.83. The predicted octanol–water partition coefficient (Wildman–Crippen LogP) is 0.774. The molecule has 1 aliphatic rings. The van der Waals surface area contributed by atoms with Crippen LogP contribution in [-0.4, -0.2) is 79.0 Å². The highest BCUT2D eigenvalue weighted by Gasteiger charge is 2.23. The van der Waals surface area contributed by atoms with Gasteiger partial charge in [-0.15, -0.1) is 15.3 Å². The highest BCUT2D eigenvalue weighted by molar-refractivity contribution is 7.91. The van der Waals surface area contributed by atoms with Crippen molar-refractivity contribution in [1.82, 2.24) is 40.4 Å². The number of carbonyl (C=O) groups is 1. The Morgan fingerprint density at radius 2 is 1.90 bits per heavy atom. The molecular weight excluding hydrogens is 528 g/mol. The van der Waals surface area contributed by atoms with Crippen LogP contribution in [0.4, 0.5) is 0 Å². The van der Waals surface area contributed by atoms with Crippen molar-refractivity contribution in [3.05, 3.63) is 65.7 Å². The van der Waals surface area contributed by atoms with Gasteiger partial charge in [0.15, 0.2) is 26.9 Å². The van der Waals surface area contributed by atoms with E-state index in [4.69, 9.17) is 9.26 Å². The first kappa shape index (κ1) is 24.8. The van der Waals surface area contributed by atoms with Crippen molar-refractivity contribution < 1.29 is 27.6 Å². The first-order valence-electron chi connectivity index (χ1n) is 12.0. The standard InChI is InChI=1S/C24H22N8O6S/c33-13-17-11-20(30-38-17)22-27-26-21-18-3-1-2-4-19(18)24(29-32(21)22)37-14-16-6-5-15(12-25-16)23(34)28-31-7-9-39(35,36)10-8-31/h1-6,11-12,33H,7-10,13-14H2,(H,28,34). The van der Waals surface area contributed by atoms with Crippen molar-refractivity contribution in [2.24, 2.45) is 0 Å². The summed E-state index contributed by atoms with van der Waals surface area (Å²) in [5.41, 5.74) is 4.48. The maximum Gasteiger partial charge on any atom is 0.267 e. The predicted molar refractivity (Wildman–Crippen MR) is 136 cm³/mol. The lowest BCUT2D eigenvalue weighted by molar-refractivity contribution is 0.0801. The van der Waals surface area contributed by atoms with E-state index in [-0.39, 0.29) is 49.5 Å². The number of nitrogens with one attached hydrogen (secondary N) is 1. The fourth-order valence-corrected chi connectivity index (χ4v) is 5.33. The zero-order chi connectivity index (χ0) is 27.0. The molecule has 1 amide bonds. The van der Waals surface area contributed by atoms with E-state index in [2.05, 4.69) is 30.9 Å². The molecule has 0 aliphatic carbocycles. The lowest BCUT2D eigenvalue weighted by Gasteiger charge is -2.26. The Kier molecular flexibility index (Phi) is 6.38. The van der Waals surface area contributed by atoms with Gasteiger partial charge in [-0.2, -0.15) is 4.52 Å². The van der Waals surface area contributed by atoms with E-state index in [1.807, 2.05) is 24.3 Å². The van der Waals surface area contributed by atoms with Gasteiger partial charge in [-0.05, 0) is 18.2 Å². The monoisotopic (exact) mass is 550 g/mol. The third kappa shape index (κ3) is 5.01. The number of hydrazine groups is 1. The zero-order valence-electron chi connectivity index (χ0n) is 20.4. The van der Waals surface area contributed by atoms with Crippen molar-refractivity contribution in [1.29, 1.82) is 0 Å². The first-order valence-corrected chi connectivity index (χ1v) is 13.8. The number of nitrogens with zero attached hydrogens (tertiary/aromatic N) is 7. The summed E-state index contributed by atoms with van der Waals surface area (Å²) in [5.74, 6) is 0.568. The summed E-state index contributed by atoms with van der Waals surface area (Å²) in [6.07, 6.45) is 1.44. The van der Waals surface area contributed by atoms with Gasteiger partial charge in [-0.25, -0.2) is 13.4 Å². The Morgan fingerprint density at radius 1 is 1.10 bits per heavy atom. The van der Waals surface area contributed by atoms with Crippen LogP contribution in [0.25, 0.3) is 27.9 Å². The molecule has 5 aromatic rings. The molecule has 0 bridgehead atoms. The molecular formula is C24H22N8O6S. The largest absolute Gasteiger partial charge is 0.470 e. The molecule has 39 heavy (non-hydrogen) atoms. The van der Waals surface area contributed by atoms with Gasteiger partial charge in [0, 0.05) is 36.1 Å². The van der Waals surface area contributed by atoms with Gasteiger partial charge in [0.1, 0.15) is 13.2 Å². The summed E-state index contributed by atoms with van der Waals surface area (Å²) in [4.78, 5) is 16.9. The van der Waals surface area contributed by atoms with Crippen molar-refractivity contribution in [3.8, 4) is 17.4 Å². The number of fused-ring (bicyclic) bond motifs is 3. The molecule has 1 fully saturated rings. The average molecular weight is 551 g/mol. The lowest BCUT2D eigenvalue weighted by Crippen LogP contribution is -2.50. The van der Waals surface area contributed by atoms with E-state index >= 15 is 0 Å². The van der Waals surface area contributed by atoms with Crippen LogP contribution in [-0.2, 0) is 23.1 Å². The highest BCUT2D eigenvalue weighted by atomic mass is 32.2. The Bertz CT molecular complexity index is 1770. The number of aliphatic hydroxyl groups is 1. The van der Waals surface area contributed by atoms with Crippen LogP contribution >= 0.6 is 0 Å². The minimum absolute atomic E-state index is 0.00916. The molecule has 0 saturated carbocycles. The smallest absolute Gasteiger partial charge is 0.267 e. The Morgan fingerprint density at radius 3 is 2.62 bits per heavy atom.